The predicted molar refractivity (Wildman–Crippen MR) is 81.3 cm³/mol. The molecular formula is C15H23NO3S. The molecule has 1 rings (SSSR count). The highest BCUT2D eigenvalue weighted by molar-refractivity contribution is 7.90. The van der Waals surface area contributed by atoms with Gasteiger partial charge in [-0.25, -0.2) is 8.42 Å². The Morgan fingerprint density at radius 3 is 2.35 bits per heavy atom. The monoisotopic (exact) mass is 297 g/mol. The number of hydrogen-bond donors (Lipinski definition) is 0. The Morgan fingerprint density at radius 2 is 1.85 bits per heavy atom. The number of aryl methyl sites for hydroxylation is 1. The number of rotatable bonds is 7. The third kappa shape index (κ3) is 5.74. The van der Waals surface area contributed by atoms with E-state index >= 15 is 0 Å². The molecule has 0 fully saturated rings. The Hall–Kier alpha value is -1.36. The summed E-state index contributed by atoms with van der Waals surface area (Å²) < 4.78 is 22.7. The molecule has 1 aromatic rings. The lowest BCUT2D eigenvalue weighted by Gasteiger charge is -2.27. The van der Waals surface area contributed by atoms with E-state index in [0.29, 0.717) is 19.4 Å². The van der Waals surface area contributed by atoms with Gasteiger partial charge in [0, 0.05) is 25.3 Å². The standard InChI is InChI=1S/C15H23NO3S/c1-4-16(13(2)12-20(3,18)19)15(17)11-10-14-8-6-5-7-9-14/h5-9,13H,4,10-12H2,1-3H3/t13-/m1/s1. The zero-order valence-corrected chi connectivity index (χ0v) is 13.2. The number of carbonyl (C=O) groups excluding carboxylic acids is 1. The fourth-order valence-corrected chi connectivity index (χ4v) is 3.36. The van der Waals surface area contributed by atoms with Crippen molar-refractivity contribution in [2.75, 3.05) is 18.6 Å². The second-order valence-corrected chi connectivity index (χ2v) is 7.29. The van der Waals surface area contributed by atoms with E-state index in [-0.39, 0.29) is 17.7 Å². The lowest BCUT2D eigenvalue weighted by Crippen LogP contribution is -2.42. The molecule has 0 aromatic heterocycles. The molecule has 0 radical (unpaired) electrons. The maximum Gasteiger partial charge on any atom is 0.223 e. The van der Waals surface area contributed by atoms with Crippen LogP contribution in [-0.4, -0.2) is 43.8 Å². The molecule has 0 unspecified atom stereocenters. The van der Waals surface area contributed by atoms with Crippen molar-refractivity contribution in [3.8, 4) is 0 Å². The summed E-state index contributed by atoms with van der Waals surface area (Å²) in [5.74, 6) is 0.0188. The molecule has 0 aliphatic rings. The summed E-state index contributed by atoms with van der Waals surface area (Å²) in [5, 5.41) is 0. The third-order valence-corrected chi connectivity index (χ3v) is 4.30. The van der Waals surface area contributed by atoms with E-state index in [1.54, 1.807) is 11.8 Å². The first-order valence-corrected chi connectivity index (χ1v) is 8.90. The molecule has 0 aliphatic carbocycles. The molecule has 4 nitrogen and oxygen atoms in total. The number of nitrogens with zero attached hydrogens (tertiary/aromatic N) is 1. The molecule has 0 N–H and O–H groups in total. The fourth-order valence-electron chi connectivity index (χ4n) is 2.30. The van der Waals surface area contributed by atoms with Gasteiger partial charge in [0.15, 0.2) is 0 Å². The first-order valence-electron chi connectivity index (χ1n) is 6.84. The van der Waals surface area contributed by atoms with Gasteiger partial charge in [-0.05, 0) is 25.8 Å². The molecule has 0 bridgehead atoms. The minimum atomic E-state index is -3.07. The molecule has 5 heteroatoms. The molecule has 0 saturated heterocycles. The fraction of sp³-hybridized carbons (Fsp3) is 0.533. The molecule has 0 heterocycles. The minimum Gasteiger partial charge on any atom is -0.339 e. The van der Waals surface area contributed by atoms with Gasteiger partial charge < -0.3 is 4.90 Å². The lowest BCUT2D eigenvalue weighted by atomic mass is 10.1. The van der Waals surface area contributed by atoms with Crippen molar-refractivity contribution in [2.45, 2.75) is 32.7 Å². The first-order chi connectivity index (χ1) is 9.33. The van der Waals surface area contributed by atoms with Gasteiger partial charge in [0.05, 0.1) is 5.75 Å². The second-order valence-electron chi connectivity index (χ2n) is 5.11. The van der Waals surface area contributed by atoms with Crippen LogP contribution in [0.4, 0.5) is 0 Å². The number of amides is 1. The normalized spacial score (nSPS) is 12.9. The van der Waals surface area contributed by atoms with E-state index in [1.165, 1.54) is 6.26 Å². The maximum atomic E-state index is 12.2. The Bertz CT molecular complexity index is 525. The predicted octanol–water partition coefficient (Wildman–Crippen LogP) is 1.90. The highest BCUT2D eigenvalue weighted by Crippen LogP contribution is 2.08. The van der Waals surface area contributed by atoms with Crippen LogP contribution in [0.15, 0.2) is 30.3 Å². The van der Waals surface area contributed by atoms with Gasteiger partial charge in [-0.15, -0.1) is 0 Å². The Morgan fingerprint density at radius 1 is 1.25 bits per heavy atom. The Balaban J connectivity index is 2.59. The second kappa shape index (κ2) is 7.43. The summed E-state index contributed by atoms with van der Waals surface area (Å²) in [6.07, 6.45) is 2.29. The van der Waals surface area contributed by atoms with Crippen LogP contribution in [0.5, 0.6) is 0 Å². The largest absolute Gasteiger partial charge is 0.339 e. The summed E-state index contributed by atoms with van der Waals surface area (Å²) >= 11 is 0. The molecule has 20 heavy (non-hydrogen) atoms. The van der Waals surface area contributed by atoms with Crippen LogP contribution in [0.3, 0.4) is 0 Å². The molecule has 0 spiro atoms. The molecule has 1 aromatic carbocycles. The zero-order chi connectivity index (χ0) is 15.2. The van der Waals surface area contributed by atoms with Crippen molar-refractivity contribution in [3.63, 3.8) is 0 Å². The van der Waals surface area contributed by atoms with Crippen LogP contribution >= 0.6 is 0 Å². The molecule has 0 saturated carbocycles. The van der Waals surface area contributed by atoms with Crippen molar-refractivity contribution >= 4 is 15.7 Å². The van der Waals surface area contributed by atoms with Crippen molar-refractivity contribution in [2.24, 2.45) is 0 Å². The number of benzene rings is 1. The zero-order valence-electron chi connectivity index (χ0n) is 12.4. The van der Waals surface area contributed by atoms with Gasteiger partial charge >= 0.3 is 0 Å². The molecular weight excluding hydrogens is 274 g/mol. The smallest absolute Gasteiger partial charge is 0.223 e. The highest BCUT2D eigenvalue weighted by atomic mass is 32.2. The summed E-state index contributed by atoms with van der Waals surface area (Å²) in [6.45, 7) is 4.19. The average molecular weight is 297 g/mol. The molecule has 1 amide bonds. The highest BCUT2D eigenvalue weighted by Gasteiger charge is 2.21. The molecule has 1 atom stereocenters. The topological polar surface area (TPSA) is 54.5 Å². The number of hydrogen-bond acceptors (Lipinski definition) is 3. The van der Waals surface area contributed by atoms with Crippen molar-refractivity contribution in [3.05, 3.63) is 35.9 Å². The SMILES string of the molecule is CCN(C(=O)CCc1ccccc1)[C@H](C)CS(C)(=O)=O. The van der Waals surface area contributed by atoms with E-state index in [9.17, 15) is 13.2 Å². The molecule has 112 valence electrons. The van der Waals surface area contributed by atoms with Crippen LogP contribution in [-0.2, 0) is 21.1 Å². The first kappa shape index (κ1) is 16.7. The van der Waals surface area contributed by atoms with Crippen LogP contribution in [0, 0.1) is 0 Å². The van der Waals surface area contributed by atoms with Gasteiger partial charge in [-0.1, -0.05) is 30.3 Å². The van der Waals surface area contributed by atoms with E-state index in [4.69, 9.17) is 0 Å². The molecule has 0 aliphatic heterocycles. The number of carbonyl (C=O) groups is 1. The van der Waals surface area contributed by atoms with Gasteiger partial charge in [0.2, 0.25) is 5.91 Å². The van der Waals surface area contributed by atoms with Crippen molar-refractivity contribution < 1.29 is 13.2 Å². The summed E-state index contributed by atoms with van der Waals surface area (Å²) in [7, 11) is -3.07. The summed E-state index contributed by atoms with van der Waals surface area (Å²) in [4.78, 5) is 13.8. The van der Waals surface area contributed by atoms with Crippen molar-refractivity contribution in [1.29, 1.82) is 0 Å². The van der Waals surface area contributed by atoms with Crippen LogP contribution in [0.2, 0.25) is 0 Å². The Labute approximate surface area is 121 Å². The van der Waals surface area contributed by atoms with E-state index in [0.717, 1.165) is 5.56 Å². The summed E-state index contributed by atoms with van der Waals surface area (Å²) in [6, 6.07) is 9.54. The van der Waals surface area contributed by atoms with Gasteiger partial charge in [0.25, 0.3) is 0 Å². The van der Waals surface area contributed by atoms with Gasteiger partial charge in [0.1, 0.15) is 9.84 Å². The van der Waals surface area contributed by atoms with E-state index < -0.39 is 9.84 Å². The third-order valence-electron chi connectivity index (χ3n) is 3.21. The van der Waals surface area contributed by atoms with Crippen LogP contribution in [0.1, 0.15) is 25.8 Å². The van der Waals surface area contributed by atoms with Crippen LogP contribution in [0.25, 0.3) is 0 Å². The number of sulfone groups is 1. The van der Waals surface area contributed by atoms with E-state index in [2.05, 4.69) is 0 Å². The maximum absolute atomic E-state index is 12.2. The van der Waals surface area contributed by atoms with Crippen molar-refractivity contribution in [1.82, 2.24) is 4.90 Å². The Kier molecular flexibility index (Phi) is 6.20. The summed E-state index contributed by atoms with van der Waals surface area (Å²) in [5.41, 5.74) is 1.12. The lowest BCUT2D eigenvalue weighted by molar-refractivity contribution is -0.132. The minimum absolute atomic E-state index is 0.00695. The van der Waals surface area contributed by atoms with E-state index in [1.807, 2.05) is 37.3 Å². The van der Waals surface area contributed by atoms with Crippen LogP contribution < -0.4 is 0 Å². The average Bonchev–Trinajstić information content (AvgIpc) is 2.36. The quantitative estimate of drug-likeness (QED) is 0.772. The van der Waals surface area contributed by atoms with Gasteiger partial charge in [-0.2, -0.15) is 0 Å². The van der Waals surface area contributed by atoms with Gasteiger partial charge in [-0.3, -0.25) is 4.79 Å².